The molecule has 1 aromatic carbocycles. The van der Waals surface area contributed by atoms with E-state index in [0.717, 1.165) is 22.8 Å². The Labute approximate surface area is 124 Å². The molecule has 0 amide bonds. The first kappa shape index (κ1) is 16.9. The van der Waals surface area contributed by atoms with Gasteiger partial charge < -0.3 is 15.2 Å². The van der Waals surface area contributed by atoms with Crippen LogP contribution in [-0.4, -0.2) is 36.0 Å². The summed E-state index contributed by atoms with van der Waals surface area (Å²) in [6.45, 7) is 4.33. The van der Waals surface area contributed by atoms with Crippen molar-refractivity contribution in [1.29, 1.82) is 0 Å². The van der Waals surface area contributed by atoms with Gasteiger partial charge in [-0.25, -0.2) is 0 Å². The molecule has 0 bridgehead atoms. The molecular weight excluding hydrogens is 274 g/mol. The van der Waals surface area contributed by atoms with Crippen LogP contribution in [0.1, 0.15) is 26.7 Å². The summed E-state index contributed by atoms with van der Waals surface area (Å²) in [4.78, 5) is 12.4. The maximum atomic E-state index is 11.3. The highest BCUT2D eigenvalue weighted by Crippen LogP contribution is 2.25. The molecule has 4 nitrogen and oxygen atoms in total. The summed E-state index contributed by atoms with van der Waals surface area (Å²) in [7, 11) is 1.65. The number of carboxylic acids is 1. The SMILES string of the molecule is CCNC(C)(CCCSc1cccc(OC)c1)C(=O)O. The zero-order valence-electron chi connectivity index (χ0n) is 12.3. The number of hydrogen-bond acceptors (Lipinski definition) is 4. The zero-order valence-corrected chi connectivity index (χ0v) is 13.1. The Morgan fingerprint density at radius 3 is 2.85 bits per heavy atom. The van der Waals surface area contributed by atoms with Gasteiger partial charge in [0.05, 0.1) is 7.11 Å². The average Bonchev–Trinajstić information content (AvgIpc) is 2.44. The monoisotopic (exact) mass is 297 g/mol. The lowest BCUT2D eigenvalue weighted by atomic mass is 9.96. The van der Waals surface area contributed by atoms with E-state index in [1.807, 2.05) is 31.2 Å². The lowest BCUT2D eigenvalue weighted by Crippen LogP contribution is -2.49. The van der Waals surface area contributed by atoms with E-state index in [1.165, 1.54) is 0 Å². The van der Waals surface area contributed by atoms with Crippen molar-refractivity contribution in [2.45, 2.75) is 37.1 Å². The number of aliphatic carboxylic acids is 1. The maximum absolute atomic E-state index is 11.3. The minimum Gasteiger partial charge on any atom is -0.497 e. The van der Waals surface area contributed by atoms with Gasteiger partial charge in [-0.1, -0.05) is 13.0 Å². The molecular formula is C15H23NO3S. The maximum Gasteiger partial charge on any atom is 0.323 e. The molecule has 0 saturated heterocycles. The van der Waals surface area contributed by atoms with E-state index in [-0.39, 0.29) is 0 Å². The van der Waals surface area contributed by atoms with E-state index in [9.17, 15) is 9.90 Å². The summed E-state index contributed by atoms with van der Waals surface area (Å²) in [6.07, 6.45) is 1.46. The Morgan fingerprint density at radius 2 is 2.25 bits per heavy atom. The van der Waals surface area contributed by atoms with E-state index >= 15 is 0 Å². The number of thioether (sulfide) groups is 1. The molecule has 0 aliphatic carbocycles. The summed E-state index contributed by atoms with van der Waals surface area (Å²) in [5.41, 5.74) is -0.830. The molecule has 1 atom stereocenters. The van der Waals surface area contributed by atoms with Crippen LogP contribution < -0.4 is 10.1 Å². The predicted octanol–water partition coefficient (Wildman–Crippen LogP) is 3.02. The van der Waals surface area contributed by atoms with Crippen molar-refractivity contribution in [1.82, 2.24) is 5.32 Å². The lowest BCUT2D eigenvalue weighted by Gasteiger charge is -2.25. The summed E-state index contributed by atoms with van der Waals surface area (Å²) >= 11 is 1.72. The molecule has 0 spiro atoms. The van der Waals surface area contributed by atoms with Crippen LogP contribution in [-0.2, 0) is 4.79 Å². The molecule has 0 aliphatic heterocycles. The van der Waals surface area contributed by atoms with E-state index < -0.39 is 11.5 Å². The van der Waals surface area contributed by atoms with Gasteiger partial charge in [0.2, 0.25) is 0 Å². The van der Waals surface area contributed by atoms with Gasteiger partial charge in [-0.2, -0.15) is 0 Å². The zero-order chi connectivity index (χ0) is 15.0. The molecule has 5 heteroatoms. The van der Waals surface area contributed by atoms with Gasteiger partial charge in [0.15, 0.2) is 0 Å². The molecule has 0 aliphatic rings. The molecule has 1 unspecified atom stereocenters. The Kier molecular flexibility index (Phi) is 6.88. The lowest BCUT2D eigenvalue weighted by molar-refractivity contribution is -0.144. The standard InChI is InChI=1S/C15H23NO3S/c1-4-16-15(2,14(17)18)9-6-10-20-13-8-5-7-12(11-13)19-3/h5,7-8,11,16H,4,6,9-10H2,1-3H3,(H,17,18). The summed E-state index contributed by atoms with van der Waals surface area (Å²) in [5.74, 6) is 0.949. The molecule has 20 heavy (non-hydrogen) atoms. The molecule has 1 aromatic rings. The third kappa shape index (κ3) is 5.06. The van der Waals surface area contributed by atoms with Crippen LogP contribution in [0.25, 0.3) is 0 Å². The second-order valence-electron chi connectivity index (χ2n) is 4.80. The van der Waals surface area contributed by atoms with Crippen LogP contribution in [0.15, 0.2) is 29.2 Å². The average molecular weight is 297 g/mol. The second kappa shape index (κ2) is 8.17. The highest BCUT2D eigenvalue weighted by molar-refractivity contribution is 7.99. The van der Waals surface area contributed by atoms with Crippen LogP contribution in [0, 0.1) is 0 Å². The van der Waals surface area contributed by atoms with Gasteiger partial charge in [0.1, 0.15) is 11.3 Å². The summed E-state index contributed by atoms with van der Waals surface area (Å²) in [6, 6.07) is 7.90. The number of ether oxygens (including phenoxy) is 1. The van der Waals surface area contributed by atoms with Crippen LogP contribution in [0.3, 0.4) is 0 Å². The largest absolute Gasteiger partial charge is 0.497 e. The number of hydrogen-bond donors (Lipinski definition) is 2. The molecule has 0 saturated carbocycles. The number of benzene rings is 1. The van der Waals surface area contributed by atoms with Crippen LogP contribution >= 0.6 is 11.8 Å². The van der Waals surface area contributed by atoms with E-state index in [4.69, 9.17) is 4.74 Å². The Hall–Kier alpha value is -1.20. The normalized spacial score (nSPS) is 13.8. The Balaban J connectivity index is 2.42. The van der Waals surface area contributed by atoms with Crippen molar-refractivity contribution < 1.29 is 14.6 Å². The van der Waals surface area contributed by atoms with Gasteiger partial charge in [-0.3, -0.25) is 4.79 Å². The van der Waals surface area contributed by atoms with Crippen molar-refractivity contribution >= 4 is 17.7 Å². The Bertz CT molecular complexity index is 439. The number of nitrogens with one attached hydrogen (secondary N) is 1. The fourth-order valence-corrected chi connectivity index (χ4v) is 2.87. The van der Waals surface area contributed by atoms with E-state index in [1.54, 1.807) is 25.8 Å². The Morgan fingerprint density at radius 1 is 1.50 bits per heavy atom. The van der Waals surface area contributed by atoms with Crippen LogP contribution in [0.5, 0.6) is 5.75 Å². The van der Waals surface area contributed by atoms with E-state index in [0.29, 0.717) is 13.0 Å². The van der Waals surface area contributed by atoms with Gasteiger partial charge >= 0.3 is 5.97 Å². The number of carbonyl (C=O) groups is 1. The first-order valence-corrected chi connectivity index (χ1v) is 7.75. The van der Waals surface area contributed by atoms with Gasteiger partial charge in [-0.15, -0.1) is 11.8 Å². The molecule has 0 aromatic heterocycles. The summed E-state index contributed by atoms with van der Waals surface area (Å²) in [5, 5.41) is 12.3. The van der Waals surface area contributed by atoms with Crippen molar-refractivity contribution in [3.63, 3.8) is 0 Å². The molecule has 1 rings (SSSR count). The smallest absolute Gasteiger partial charge is 0.323 e. The minimum atomic E-state index is -0.830. The van der Waals surface area contributed by atoms with Crippen molar-refractivity contribution in [3.05, 3.63) is 24.3 Å². The van der Waals surface area contributed by atoms with Crippen LogP contribution in [0.2, 0.25) is 0 Å². The van der Waals surface area contributed by atoms with Gasteiger partial charge in [0.25, 0.3) is 0 Å². The highest BCUT2D eigenvalue weighted by atomic mass is 32.2. The van der Waals surface area contributed by atoms with Gasteiger partial charge in [0, 0.05) is 4.90 Å². The first-order chi connectivity index (χ1) is 9.51. The summed E-state index contributed by atoms with van der Waals surface area (Å²) < 4.78 is 5.18. The fourth-order valence-electron chi connectivity index (χ4n) is 1.97. The molecule has 0 fully saturated rings. The topological polar surface area (TPSA) is 58.6 Å². The fraction of sp³-hybridized carbons (Fsp3) is 0.533. The first-order valence-electron chi connectivity index (χ1n) is 6.77. The molecule has 2 N–H and O–H groups in total. The van der Waals surface area contributed by atoms with Crippen molar-refractivity contribution in [3.8, 4) is 5.75 Å². The third-order valence-electron chi connectivity index (χ3n) is 3.17. The molecule has 0 radical (unpaired) electrons. The quantitative estimate of drug-likeness (QED) is 0.542. The number of methoxy groups -OCH3 is 1. The highest BCUT2D eigenvalue weighted by Gasteiger charge is 2.30. The van der Waals surface area contributed by atoms with Crippen LogP contribution in [0.4, 0.5) is 0 Å². The number of rotatable bonds is 9. The number of likely N-dealkylation sites (N-methyl/N-ethyl adjacent to an activating group) is 1. The van der Waals surface area contributed by atoms with Gasteiger partial charge in [-0.05, 0) is 50.3 Å². The number of carboxylic acid groups (broad SMARTS) is 1. The third-order valence-corrected chi connectivity index (χ3v) is 4.25. The molecule has 112 valence electrons. The molecule has 0 heterocycles. The second-order valence-corrected chi connectivity index (χ2v) is 5.97. The van der Waals surface area contributed by atoms with Crippen molar-refractivity contribution in [2.75, 3.05) is 19.4 Å². The van der Waals surface area contributed by atoms with Crippen molar-refractivity contribution in [2.24, 2.45) is 0 Å². The predicted molar refractivity (Wildman–Crippen MR) is 82.7 cm³/mol. The van der Waals surface area contributed by atoms with E-state index in [2.05, 4.69) is 5.32 Å². The minimum absolute atomic E-state index is 0.618.